The molecule has 4 rings (SSSR count). The van der Waals surface area contributed by atoms with Crippen molar-refractivity contribution >= 4 is 51.2 Å². The number of thioether (sulfide) groups is 1. The van der Waals surface area contributed by atoms with Crippen molar-refractivity contribution in [1.29, 1.82) is 0 Å². The largest absolute Gasteiger partial charge is 0.466 e. The molecule has 1 spiro atoms. The van der Waals surface area contributed by atoms with E-state index in [1.54, 1.807) is 34.6 Å². The number of amides is 2. The number of likely N-dealkylation sites (tertiary alicyclic amines) is 1. The van der Waals surface area contributed by atoms with Gasteiger partial charge in [-0.15, -0.1) is 18.3 Å². The summed E-state index contributed by atoms with van der Waals surface area (Å²) in [6.45, 7) is 10.7. The number of benzene rings is 1. The van der Waals surface area contributed by atoms with Gasteiger partial charge < -0.3 is 19.6 Å². The number of alkyl halides is 1. The fourth-order valence-electron chi connectivity index (χ4n) is 6.53. The number of unbranched alkanes of at least 4 members (excludes halogenated alkanes) is 2. The second-order valence-electron chi connectivity index (χ2n) is 10.2. The molecule has 6 atom stereocenters. The van der Waals surface area contributed by atoms with E-state index in [-0.39, 0.29) is 41.1 Å². The molecule has 0 saturated carbocycles. The Labute approximate surface area is 232 Å². The molecule has 0 aromatic heterocycles. The van der Waals surface area contributed by atoms with E-state index in [1.807, 2.05) is 32.0 Å². The lowest BCUT2D eigenvalue weighted by atomic mass is 9.71. The highest BCUT2D eigenvalue weighted by Crippen LogP contribution is 2.68. The number of nitrogens with zero attached hydrogens (tertiary/aromatic N) is 2. The normalized spacial score (nSPS) is 29.9. The molecule has 202 valence electrons. The van der Waals surface area contributed by atoms with Crippen LogP contribution in [0, 0.1) is 25.7 Å². The van der Waals surface area contributed by atoms with Gasteiger partial charge >= 0.3 is 5.97 Å². The van der Waals surface area contributed by atoms with E-state index in [2.05, 4.69) is 22.5 Å². The predicted octanol–water partition coefficient (Wildman–Crippen LogP) is 4.01. The molecule has 3 unspecified atom stereocenters. The molecule has 3 aliphatic heterocycles. The number of aryl methyl sites for hydroxylation is 2. The van der Waals surface area contributed by atoms with Crippen LogP contribution in [-0.2, 0) is 19.1 Å². The maximum Gasteiger partial charge on any atom is 0.310 e. The number of carbonyl (C=O) groups excluding carboxylic acids is 3. The van der Waals surface area contributed by atoms with Gasteiger partial charge in [-0.2, -0.15) is 0 Å². The molecule has 3 saturated heterocycles. The Morgan fingerprint density at radius 1 is 1.30 bits per heavy atom. The minimum atomic E-state index is -0.711. The number of aliphatic hydroxyl groups is 1. The van der Waals surface area contributed by atoms with E-state index < -0.39 is 22.6 Å². The minimum Gasteiger partial charge on any atom is -0.466 e. The van der Waals surface area contributed by atoms with Crippen LogP contribution in [0.1, 0.15) is 43.7 Å². The highest BCUT2D eigenvalue weighted by atomic mass is 79.9. The number of halogens is 1. The van der Waals surface area contributed by atoms with Crippen LogP contribution in [0.15, 0.2) is 30.9 Å². The number of aliphatic hydroxyl groups excluding tert-OH is 1. The van der Waals surface area contributed by atoms with Crippen molar-refractivity contribution in [3.8, 4) is 0 Å². The predicted molar refractivity (Wildman–Crippen MR) is 150 cm³/mol. The number of esters is 1. The molecule has 3 heterocycles. The third-order valence-electron chi connectivity index (χ3n) is 7.93. The quantitative estimate of drug-likeness (QED) is 0.181. The molecule has 2 amide bonds. The van der Waals surface area contributed by atoms with Crippen molar-refractivity contribution in [1.82, 2.24) is 4.90 Å². The van der Waals surface area contributed by atoms with Gasteiger partial charge in [0.15, 0.2) is 0 Å². The zero-order valence-corrected chi connectivity index (χ0v) is 24.2. The van der Waals surface area contributed by atoms with Crippen LogP contribution in [0.2, 0.25) is 0 Å². The number of para-hydroxylation sites is 1. The van der Waals surface area contributed by atoms with Crippen LogP contribution in [0.5, 0.6) is 0 Å². The molecule has 1 aromatic rings. The average Bonchev–Trinajstić information content (AvgIpc) is 3.44. The lowest BCUT2D eigenvalue weighted by molar-refractivity contribution is -0.153. The van der Waals surface area contributed by atoms with Gasteiger partial charge in [0, 0.05) is 35.5 Å². The maximum absolute atomic E-state index is 14.6. The molecule has 1 N–H and O–H groups in total. The number of fused-ring (bicyclic) bond motifs is 1. The SMILES string of the molecule is C=CCN(C(=O)C1N(CCCCCO)C(=O)[C@@H]2[C@@H](C(=O)OCC)[C@@H]3SC12CC3Br)c1c(C)cccc1C. The fraction of sp³-hybridized carbons (Fsp3) is 0.607. The van der Waals surface area contributed by atoms with E-state index in [0.717, 1.165) is 23.2 Å². The number of rotatable bonds is 11. The first kappa shape index (κ1) is 28.2. The van der Waals surface area contributed by atoms with Gasteiger partial charge in [0.25, 0.3) is 5.91 Å². The first-order valence-electron chi connectivity index (χ1n) is 13.1. The molecule has 9 heteroatoms. The molecule has 1 aromatic carbocycles. The summed E-state index contributed by atoms with van der Waals surface area (Å²) in [6, 6.07) is 5.24. The third-order valence-corrected chi connectivity index (χ3v) is 11.1. The number of ether oxygens (including phenoxy) is 1. The van der Waals surface area contributed by atoms with E-state index >= 15 is 0 Å². The maximum atomic E-state index is 14.6. The zero-order valence-electron chi connectivity index (χ0n) is 21.8. The molecule has 2 bridgehead atoms. The van der Waals surface area contributed by atoms with Crippen molar-refractivity contribution < 1.29 is 24.2 Å². The topological polar surface area (TPSA) is 87.2 Å². The summed E-state index contributed by atoms with van der Waals surface area (Å²) in [4.78, 5) is 45.3. The number of carbonyl (C=O) groups is 3. The second-order valence-corrected chi connectivity index (χ2v) is 12.9. The standard InChI is InChI=1S/C28H37BrN2O5S/c1-5-13-30(22-17(3)11-10-12-18(22)4)26(34)24-28-16-19(29)23(37-28)20(27(35)36-6-2)21(28)25(33)31(24)14-8-7-9-15-32/h5,10-12,19-21,23-24,32H,1,6-9,13-16H2,2-4H3/t19?,20-,21+,23-,24?,28?/m1/s1. The Hall–Kier alpha value is -1.84. The van der Waals surface area contributed by atoms with Gasteiger partial charge in [-0.1, -0.05) is 40.2 Å². The fourth-order valence-corrected chi connectivity index (χ4v) is 10.1. The summed E-state index contributed by atoms with van der Waals surface area (Å²) < 4.78 is 4.72. The highest BCUT2D eigenvalue weighted by molar-refractivity contribution is 9.09. The lowest BCUT2D eigenvalue weighted by Gasteiger charge is -2.38. The van der Waals surface area contributed by atoms with E-state index in [1.165, 1.54) is 0 Å². The van der Waals surface area contributed by atoms with Crippen LogP contribution < -0.4 is 4.90 Å². The zero-order chi connectivity index (χ0) is 26.9. The van der Waals surface area contributed by atoms with E-state index in [0.29, 0.717) is 32.4 Å². The van der Waals surface area contributed by atoms with Crippen LogP contribution in [-0.4, -0.2) is 75.0 Å². The summed E-state index contributed by atoms with van der Waals surface area (Å²) in [7, 11) is 0. The van der Waals surface area contributed by atoms with Crippen LogP contribution in [0.3, 0.4) is 0 Å². The summed E-state index contributed by atoms with van der Waals surface area (Å²) in [5.41, 5.74) is 2.80. The lowest BCUT2D eigenvalue weighted by Crippen LogP contribution is -2.56. The van der Waals surface area contributed by atoms with Crippen LogP contribution in [0.25, 0.3) is 0 Å². The van der Waals surface area contributed by atoms with Crippen molar-refractivity contribution in [3.63, 3.8) is 0 Å². The van der Waals surface area contributed by atoms with Gasteiger partial charge in [-0.3, -0.25) is 14.4 Å². The van der Waals surface area contributed by atoms with Crippen molar-refractivity contribution in [2.24, 2.45) is 11.8 Å². The van der Waals surface area contributed by atoms with Gasteiger partial charge in [-0.25, -0.2) is 0 Å². The van der Waals surface area contributed by atoms with Crippen molar-refractivity contribution in [2.75, 3.05) is 31.2 Å². The summed E-state index contributed by atoms with van der Waals surface area (Å²) in [5.74, 6) is -1.79. The highest BCUT2D eigenvalue weighted by Gasteiger charge is 2.76. The molecule has 3 fully saturated rings. The molecule has 37 heavy (non-hydrogen) atoms. The van der Waals surface area contributed by atoms with Crippen molar-refractivity contribution in [3.05, 3.63) is 42.0 Å². The first-order chi connectivity index (χ1) is 17.7. The number of hydrogen-bond donors (Lipinski definition) is 1. The van der Waals surface area contributed by atoms with Crippen LogP contribution >= 0.6 is 27.7 Å². The summed E-state index contributed by atoms with van der Waals surface area (Å²) in [6.07, 6.45) is 4.43. The molecular formula is C28H37BrN2O5S. The monoisotopic (exact) mass is 592 g/mol. The van der Waals surface area contributed by atoms with Gasteiger partial charge in [-0.05, 0) is 57.6 Å². The summed E-state index contributed by atoms with van der Waals surface area (Å²) in [5, 5.41) is 9.12. The molecular weight excluding hydrogens is 556 g/mol. The Morgan fingerprint density at radius 3 is 2.62 bits per heavy atom. The van der Waals surface area contributed by atoms with Gasteiger partial charge in [0.1, 0.15) is 6.04 Å². The molecule has 3 aliphatic rings. The van der Waals surface area contributed by atoms with Crippen LogP contribution in [0.4, 0.5) is 5.69 Å². The van der Waals surface area contributed by atoms with Gasteiger partial charge in [0.05, 0.1) is 23.2 Å². The average molecular weight is 594 g/mol. The van der Waals surface area contributed by atoms with E-state index in [9.17, 15) is 19.5 Å². The van der Waals surface area contributed by atoms with Gasteiger partial charge in [0.2, 0.25) is 5.91 Å². The number of hydrogen-bond acceptors (Lipinski definition) is 6. The Bertz CT molecular complexity index is 1050. The Kier molecular flexibility index (Phi) is 8.75. The molecule has 0 aliphatic carbocycles. The van der Waals surface area contributed by atoms with Crippen molar-refractivity contribution in [2.45, 2.75) is 67.3 Å². The first-order valence-corrected chi connectivity index (χ1v) is 14.9. The molecule has 7 nitrogen and oxygen atoms in total. The summed E-state index contributed by atoms with van der Waals surface area (Å²) >= 11 is 5.41. The Balaban J connectivity index is 1.79. The minimum absolute atomic E-state index is 0.00801. The van der Waals surface area contributed by atoms with E-state index in [4.69, 9.17) is 4.74 Å². The number of anilines is 1. The smallest absolute Gasteiger partial charge is 0.310 e. The Morgan fingerprint density at radius 2 is 2.00 bits per heavy atom. The third kappa shape index (κ3) is 4.76. The second kappa shape index (κ2) is 11.5. The molecule has 0 radical (unpaired) electrons.